The highest BCUT2D eigenvalue weighted by Gasteiger charge is 2.22. The molecule has 1 heterocycles. The molecular formula is C13H15Cl2N3O. The summed E-state index contributed by atoms with van der Waals surface area (Å²) in [7, 11) is 3.46. The Balaban J connectivity index is 2.60. The number of hydrogen-bond acceptors (Lipinski definition) is 2. The van der Waals surface area contributed by atoms with Crippen LogP contribution in [0.5, 0.6) is 0 Å². The van der Waals surface area contributed by atoms with Crippen LogP contribution in [0.4, 0.5) is 0 Å². The van der Waals surface area contributed by atoms with E-state index in [1.807, 2.05) is 17.6 Å². The van der Waals surface area contributed by atoms with Crippen LogP contribution in [0.2, 0.25) is 5.02 Å². The van der Waals surface area contributed by atoms with E-state index in [0.29, 0.717) is 10.8 Å². The molecule has 0 aliphatic carbocycles. The van der Waals surface area contributed by atoms with Gasteiger partial charge in [0.15, 0.2) is 0 Å². The number of nitrogens with zero attached hydrogens (tertiary/aromatic N) is 3. The van der Waals surface area contributed by atoms with Gasteiger partial charge in [-0.2, -0.15) is 0 Å². The van der Waals surface area contributed by atoms with Crippen molar-refractivity contribution >= 4 is 40.1 Å². The van der Waals surface area contributed by atoms with Crippen LogP contribution in [0.15, 0.2) is 18.2 Å². The van der Waals surface area contributed by atoms with Gasteiger partial charge in [-0.15, -0.1) is 11.6 Å². The second kappa shape index (κ2) is 5.39. The summed E-state index contributed by atoms with van der Waals surface area (Å²) in [5.74, 6) is 0.916. The maximum Gasteiger partial charge on any atom is 0.244 e. The summed E-state index contributed by atoms with van der Waals surface area (Å²) < 4.78 is 1.86. The van der Waals surface area contributed by atoms with Gasteiger partial charge in [0, 0.05) is 19.1 Å². The Labute approximate surface area is 121 Å². The van der Waals surface area contributed by atoms with Gasteiger partial charge in [0.2, 0.25) is 5.91 Å². The smallest absolute Gasteiger partial charge is 0.244 e. The molecule has 1 unspecified atom stereocenters. The maximum absolute atomic E-state index is 12.1. The van der Waals surface area contributed by atoms with Gasteiger partial charge in [-0.3, -0.25) is 4.79 Å². The Hall–Kier alpha value is -1.26. The molecule has 0 N–H and O–H groups in total. The standard InChI is InChI=1S/C13H15Cl2N3O/c1-8(13(19)17(2)3)18-11-5-4-9(15)6-10(11)16-12(18)7-14/h4-6,8H,7H2,1-3H3. The van der Waals surface area contributed by atoms with Crippen molar-refractivity contribution in [2.24, 2.45) is 0 Å². The Morgan fingerprint density at radius 1 is 1.47 bits per heavy atom. The lowest BCUT2D eigenvalue weighted by atomic mass is 10.2. The van der Waals surface area contributed by atoms with Crippen LogP contribution in [0.1, 0.15) is 18.8 Å². The molecular weight excluding hydrogens is 285 g/mol. The van der Waals surface area contributed by atoms with Crippen LogP contribution < -0.4 is 0 Å². The van der Waals surface area contributed by atoms with E-state index in [9.17, 15) is 4.79 Å². The fraction of sp³-hybridized carbons (Fsp3) is 0.385. The maximum atomic E-state index is 12.1. The largest absolute Gasteiger partial charge is 0.347 e. The average Bonchev–Trinajstić information content (AvgIpc) is 2.74. The van der Waals surface area contributed by atoms with Gasteiger partial charge in [-0.1, -0.05) is 11.6 Å². The number of carbonyl (C=O) groups is 1. The van der Waals surface area contributed by atoms with E-state index in [-0.39, 0.29) is 17.8 Å². The van der Waals surface area contributed by atoms with Gasteiger partial charge in [0.1, 0.15) is 11.9 Å². The van der Waals surface area contributed by atoms with Gasteiger partial charge >= 0.3 is 0 Å². The summed E-state index contributed by atoms with van der Waals surface area (Å²) in [6.07, 6.45) is 0. The van der Waals surface area contributed by atoms with Crippen molar-refractivity contribution in [3.8, 4) is 0 Å². The Bertz CT molecular complexity index is 622. The fourth-order valence-electron chi connectivity index (χ4n) is 2.13. The van der Waals surface area contributed by atoms with Crippen LogP contribution in [-0.2, 0) is 10.7 Å². The lowest BCUT2D eigenvalue weighted by Gasteiger charge is -2.20. The predicted octanol–water partition coefficient (Wildman–Crippen LogP) is 3.08. The lowest BCUT2D eigenvalue weighted by Crippen LogP contribution is -2.30. The highest BCUT2D eigenvalue weighted by atomic mass is 35.5. The van der Waals surface area contributed by atoms with Crippen molar-refractivity contribution in [1.29, 1.82) is 0 Å². The van der Waals surface area contributed by atoms with Crippen LogP contribution in [0, 0.1) is 0 Å². The molecule has 1 atom stereocenters. The first-order valence-electron chi connectivity index (χ1n) is 5.89. The number of halogens is 2. The van der Waals surface area contributed by atoms with Crippen LogP contribution in [0.3, 0.4) is 0 Å². The summed E-state index contributed by atoms with van der Waals surface area (Å²) in [5, 5.41) is 0.616. The third-order valence-electron chi connectivity index (χ3n) is 3.03. The summed E-state index contributed by atoms with van der Waals surface area (Å²) in [4.78, 5) is 18.1. The van der Waals surface area contributed by atoms with E-state index >= 15 is 0 Å². The van der Waals surface area contributed by atoms with Crippen molar-refractivity contribution in [1.82, 2.24) is 14.5 Å². The van der Waals surface area contributed by atoms with E-state index < -0.39 is 0 Å². The number of hydrogen-bond donors (Lipinski definition) is 0. The molecule has 6 heteroatoms. The Kier molecular flexibility index (Phi) is 4.02. The molecule has 0 aliphatic rings. The summed E-state index contributed by atoms with van der Waals surface area (Å²) >= 11 is 11.9. The lowest BCUT2D eigenvalue weighted by molar-refractivity contribution is -0.131. The highest BCUT2D eigenvalue weighted by Crippen LogP contribution is 2.25. The number of fused-ring (bicyclic) bond motifs is 1. The molecule has 0 spiro atoms. The van der Waals surface area contributed by atoms with Gasteiger partial charge in [0.05, 0.1) is 16.9 Å². The molecule has 0 saturated carbocycles. The fourth-order valence-corrected chi connectivity index (χ4v) is 2.49. The molecule has 1 amide bonds. The first-order chi connectivity index (χ1) is 8.95. The van der Waals surface area contributed by atoms with Crippen molar-refractivity contribution in [2.75, 3.05) is 14.1 Å². The zero-order chi connectivity index (χ0) is 14.2. The monoisotopic (exact) mass is 299 g/mol. The molecule has 19 heavy (non-hydrogen) atoms. The number of likely N-dealkylation sites (N-methyl/N-ethyl adjacent to an activating group) is 1. The second-order valence-electron chi connectivity index (χ2n) is 4.57. The van der Waals surface area contributed by atoms with Crippen molar-refractivity contribution in [3.63, 3.8) is 0 Å². The molecule has 1 aromatic heterocycles. The average molecular weight is 300 g/mol. The van der Waals surface area contributed by atoms with Crippen molar-refractivity contribution in [3.05, 3.63) is 29.0 Å². The minimum absolute atomic E-state index is 0.000571. The summed E-state index contributed by atoms with van der Waals surface area (Å²) in [6.45, 7) is 1.84. The summed E-state index contributed by atoms with van der Waals surface area (Å²) in [5.41, 5.74) is 1.62. The molecule has 0 fully saturated rings. The molecule has 2 rings (SSSR count). The SMILES string of the molecule is CC(C(=O)N(C)C)n1c(CCl)nc2cc(Cl)ccc21. The van der Waals surface area contributed by atoms with Crippen LogP contribution in [0.25, 0.3) is 11.0 Å². The number of benzene rings is 1. The predicted molar refractivity (Wildman–Crippen MR) is 77.7 cm³/mol. The first-order valence-corrected chi connectivity index (χ1v) is 6.80. The van der Waals surface area contributed by atoms with Crippen molar-refractivity contribution < 1.29 is 4.79 Å². The van der Waals surface area contributed by atoms with Gasteiger partial charge in [0.25, 0.3) is 0 Å². The molecule has 2 aromatic rings. The van der Waals surface area contributed by atoms with Gasteiger partial charge < -0.3 is 9.47 Å². The zero-order valence-electron chi connectivity index (χ0n) is 11.0. The van der Waals surface area contributed by atoms with Gasteiger partial charge in [-0.05, 0) is 25.1 Å². The van der Waals surface area contributed by atoms with E-state index in [1.54, 1.807) is 31.1 Å². The van der Waals surface area contributed by atoms with E-state index in [0.717, 1.165) is 11.0 Å². The second-order valence-corrected chi connectivity index (χ2v) is 5.28. The van der Waals surface area contributed by atoms with E-state index in [2.05, 4.69) is 4.98 Å². The normalized spacial score (nSPS) is 12.7. The number of alkyl halides is 1. The molecule has 1 aromatic carbocycles. The molecule has 0 saturated heterocycles. The number of rotatable bonds is 3. The quantitative estimate of drug-likeness (QED) is 0.817. The van der Waals surface area contributed by atoms with Crippen molar-refractivity contribution in [2.45, 2.75) is 18.8 Å². The third kappa shape index (κ3) is 2.55. The zero-order valence-corrected chi connectivity index (χ0v) is 12.5. The number of aromatic nitrogens is 2. The first kappa shape index (κ1) is 14.2. The molecule has 0 bridgehead atoms. The number of carbonyl (C=O) groups excluding carboxylic acids is 1. The summed E-state index contributed by atoms with van der Waals surface area (Å²) in [6, 6.07) is 5.07. The number of imidazole rings is 1. The number of amides is 1. The molecule has 4 nitrogen and oxygen atoms in total. The minimum atomic E-state index is -0.352. The topological polar surface area (TPSA) is 38.1 Å². The van der Waals surface area contributed by atoms with Crippen LogP contribution >= 0.6 is 23.2 Å². The Morgan fingerprint density at radius 3 is 2.74 bits per heavy atom. The van der Waals surface area contributed by atoms with Crippen LogP contribution in [-0.4, -0.2) is 34.5 Å². The molecule has 0 radical (unpaired) electrons. The third-order valence-corrected chi connectivity index (χ3v) is 3.50. The van der Waals surface area contributed by atoms with E-state index in [4.69, 9.17) is 23.2 Å². The molecule has 0 aliphatic heterocycles. The van der Waals surface area contributed by atoms with E-state index in [1.165, 1.54) is 0 Å². The minimum Gasteiger partial charge on any atom is -0.347 e. The molecule has 102 valence electrons. The highest BCUT2D eigenvalue weighted by molar-refractivity contribution is 6.31. The van der Waals surface area contributed by atoms with Gasteiger partial charge in [-0.25, -0.2) is 4.98 Å². The Morgan fingerprint density at radius 2 is 2.16 bits per heavy atom.